The van der Waals surface area contributed by atoms with Crippen molar-refractivity contribution in [2.24, 2.45) is 0 Å². The summed E-state index contributed by atoms with van der Waals surface area (Å²) in [6.07, 6.45) is 0.878. The van der Waals surface area contributed by atoms with E-state index in [0.29, 0.717) is 35.6 Å². The van der Waals surface area contributed by atoms with E-state index in [9.17, 15) is 0 Å². The number of nitrogens with one attached hydrogen (secondary N) is 2. The van der Waals surface area contributed by atoms with Gasteiger partial charge in [-0.2, -0.15) is 4.98 Å². The average Bonchev–Trinajstić information content (AvgIpc) is 2.64. The lowest BCUT2D eigenvalue weighted by atomic mass is 10.2. The third-order valence-electron chi connectivity index (χ3n) is 3.60. The van der Waals surface area contributed by atoms with Gasteiger partial charge < -0.3 is 29.6 Å². The Morgan fingerprint density at radius 1 is 0.923 bits per heavy atom. The fourth-order valence-electron chi connectivity index (χ4n) is 2.43. The average molecular weight is 362 g/mol. The lowest BCUT2D eigenvalue weighted by Gasteiger charge is -2.15. The highest BCUT2D eigenvalue weighted by molar-refractivity contribution is 5.67. The second-order valence-electron chi connectivity index (χ2n) is 5.53. The predicted molar refractivity (Wildman–Crippen MR) is 101 cm³/mol. The smallest absolute Gasteiger partial charge is 0.224 e. The van der Waals surface area contributed by atoms with Crippen molar-refractivity contribution in [2.45, 2.75) is 13.3 Å². The molecule has 26 heavy (non-hydrogen) atoms. The lowest BCUT2D eigenvalue weighted by molar-refractivity contribution is 0.197. The standard InChI is InChI=1S/C18H26N4O4/c1-12-9-16(22-18(20-12)19-7-6-8-23-2)21-13-10-14(24-3)17(26-5)15(11-13)25-4/h9-11H,6-8H2,1-5H3,(H2,19,20,21,22). The Hall–Kier alpha value is -2.74. The van der Waals surface area contributed by atoms with E-state index in [4.69, 9.17) is 18.9 Å². The third-order valence-corrected chi connectivity index (χ3v) is 3.60. The Balaban J connectivity index is 2.21. The summed E-state index contributed by atoms with van der Waals surface area (Å²) in [5.74, 6) is 2.91. The summed E-state index contributed by atoms with van der Waals surface area (Å²) in [5.41, 5.74) is 1.62. The number of benzene rings is 1. The van der Waals surface area contributed by atoms with Gasteiger partial charge in [0.25, 0.3) is 0 Å². The first-order chi connectivity index (χ1) is 12.6. The van der Waals surface area contributed by atoms with Crippen LogP contribution in [0.4, 0.5) is 17.5 Å². The van der Waals surface area contributed by atoms with E-state index in [1.54, 1.807) is 28.4 Å². The van der Waals surface area contributed by atoms with Crippen LogP contribution in [-0.4, -0.2) is 51.6 Å². The molecule has 0 aliphatic rings. The first kappa shape index (κ1) is 19.6. The molecule has 0 unspecified atom stereocenters. The van der Waals surface area contributed by atoms with Crippen molar-refractivity contribution < 1.29 is 18.9 Å². The van der Waals surface area contributed by atoms with Gasteiger partial charge in [0, 0.05) is 49.8 Å². The van der Waals surface area contributed by atoms with Crippen LogP contribution in [0.15, 0.2) is 18.2 Å². The van der Waals surface area contributed by atoms with Crippen molar-refractivity contribution in [1.29, 1.82) is 0 Å². The van der Waals surface area contributed by atoms with Crippen LogP contribution in [0.5, 0.6) is 17.2 Å². The van der Waals surface area contributed by atoms with Crippen molar-refractivity contribution in [2.75, 3.05) is 52.2 Å². The van der Waals surface area contributed by atoms with E-state index >= 15 is 0 Å². The zero-order chi connectivity index (χ0) is 18.9. The minimum Gasteiger partial charge on any atom is -0.493 e. The van der Waals surface area contributed by atoms with Gasteiger partial charge in [0.2, 0.25) is 11.7 Å². The fourth-order valence-corrected chi connectivity index (χ4v) is 2.43. The maximum atomic E-state index is 5.38. The van der Waals surface area contributed by atoms with E-state index in [2.05, 4.69) is 20.6 Å². The molecule has 2 rings (SSSR count). The Bertz CT molecular complexity index is 699. The quantitative estimate of drug-likeness (QED) is 0.624. The van der Waals surface area contributed by atoms with Crippen LogP contribution in [0.2, 0.25) is 0 Å². The van der Waals surface area contributed by atoms with Crippen molar-refractivity contribution in [3.8, 4) is 17.2 Å². The van der Waals surface area contributed by atoms with Gasteiger partial charge in [0.1, 0.15) is 5.82 Å². The summed E-state index contributed by atoms with van der Waals surface area (Å²) in [6, 6.07) is 5.51. The third kappa shape index (κ3) is 5.13. The molecule has 2 N–H and O–H groups in total. The molecule has 0 fully saturated rings. The summed E-state index contributed by atoms with van der Waals surface area (Å²) in [6.45, 7) is 3.35. The van der Waals surface area contributed by atoms with Gasteiger partial charge in [-0.25, -0.2) is 4.98 Å². The molecular formula is C18H26N4O4. The van der Waals surface area contributed by atoms with E-state index in [1.807, 2.05) is 25.1 Å². The molecule has 1 aromatic carbocycles. The van der Waals surface area contributed by atoms with Crippen molar-refractivity contribution in [3.63, 3.8) is 0 Å². The zero-order valence-electron chi connectivity index (χ0n) is 15.9. The predicted octanol–water partition coefficient (Wildman–Crippen LogP) is 3.00. The molecule has 1 aromatic heterocycles. The monoisotopic (exact) mass is 362 g/mol. The number of methoxy groups -OCH3 is 4. The van der Waals surface area contributed by atoms with Crippen LogP contribution in [0.25, 0.3) is 0 Å². The van der Waals surface area contributed by atoms with Crippen molar-refractivity contribution >= 4 is 17.5 Å². The van der Waals surface area contributed by atoms with E-state index < -0.39 is 0 Å². The number of anilines is 3. The fraction of sp³-hybridized carbons (Fsp3) is 0.444. The van der Waals surface area contributed by atoms with Gasteiger partial charge >= 0.3 is 0 Å². The van der Waals surface area contributed by atoms with Crippen LogP contribution in [0.1, 0.15) is 12.1 Å². The summed E-state index contributed by atoms with van der Waals surface area (Å²) >= 11 is 0. The minimum absolute atomic E-state index is 0.542. The van der Waals surface area contributed by atoms with Gasteiger partial charge in [-0.15, -0.1) is 0 Å². The summed E-state index contributed by atoms with van der Waals surface area (Å²) in [5, 5.41) is 6.45. The Morgan fingerprint density at radius 2 is 1.62 bits per heavy atom. The number of aromatic nitrogens is 2. The van der Waals surface area contributed by atoms with Gasteiger partial charge in [0.15, 0.2) is 11.5 Å². The molecule has 0 saturated carbocycles. The number of nitrogens with zero attached hydrogens (tertiary/aromatic N) is 2. The number of aryl methyl sites for hydroxylation is 1. The van der Waals surface area contributed by atoms with Gasteiger partial charge in [-0.3, -0.25) is 0 Å². The number of ether oxygens (including phenoxy) is 4. The van der Waals surface area contributed by atoms with Crippen LogP contribution in [0, 0.1) is 6.92 Å². The normalized spacial score (nSPS) is 10.3. The molecule has 0 radical (unpaired) electrons. The van der Waals surface area contributed by atoms with E-state index in [-0.39, 0.29) is 0 Å². The van der Waals surface area contributed by atoms with Crippen molar-refractivity contribution in [3.05, 3.63) is 23.9 Å². The molecule has 0 aliphatic carbocycles. The second-order valence-corrected chi connectivity index (χ2v) is 5.53. The second kappa shape index (κ2) is 9.67. The molecule has 142 valence electrons. The van der Waals surface area contributed by atoms with Crippen LogP contribution >= 0.6 is 0 Å². The van der Waals surface area contributed by atoms with Crippen LogP contribution in [-0.2, 0) is 4.74 Å². The summed E-state index contributed by atoms with van der Waals surface area (Å²) in [4.78, 5) is 8.89. The molecule has 0 atom stereocenters. The topological polar surface area (TPSA) is 86.8 Å². The molecule has 0 spiro atoms. The number of rotatable bonds is 10. The van der Waals surface area contributed by atoms with Crippen LogP contribution in [0.3, 0.4) is 0 Å². The molecule has 2 aromatic rings. The zero-order valence-corrected chi connectivity index (χ0v) is 15.9. The van der Waals surface area contributed by atoms with E-state index in [1.165, 1.54) is 0 Å². The number of hydrogen-bond donors (Lipinski definition) is 2. The summed E-state index contributed by atoms with van der Waals surface area (Å²) < 4.78 is 21.1. The molecule has 0 saturated heterocycles. The largest absolute Gasteiger partial charge is 0.493 e. The van der Waals surface area contributed by atoms with Crippen molar-refractivity contribution in [1.82, 2.24) is 9.97 Å². The molecule has 8 nitrogen and oxygen atoms in total. The maximum Gasteiger partial charge on any atom is 0.224 e. The molecule has 8 heteroatoms. The number of hydrogen-bond acceptors (Lipinski definition) is 8. The molecular weight excluding hydrogens is 336 g/mol. The highest BCUT2D eigenvalue weighted by Gasteiger charge is 2.14. The first-order valence-electron chi connectivity index (χ1n) is 8.26. The SMILES string of the molecule is COCCCNc1nc(C)cc(Nc2cc(OC)c(OC)c(OC)c2)n1. The maximum absolute atomic E-state index is 5.38. The lowest BCUT2D eigenvalue weighted by Crippen LogP contribution is -2.09. The molecule has 0 bridgehead atoms. The van der Waals surface area contributed by atoms with Gasteiger partial charge in [-0.1, -0.05) is 0 Å². The Kier molecular flexibility index (Phi) is 7.28. The van der Waals surface area contributed by atoms with Crippen LogP contribution < -0.4 is 24.8 Å². The molecule has 0 amide bonds. The molecule has 0 aliphatic heterocycles. The Morgan fingerprint density at radius 3 is 2.19 bits per heavy atom. The van der Waals surface area contributed by atoms with Gasteiger partial charge in [0.05, 0.1) is 21.3 Å². The van der Waals surface area contributed by atoms with Gasteiger partial charge in [-0.05, 0) is 13.3 Å². The Labute approximate surface area is 153 Å². The summed E-state index contributed by atoms with van der Waals surface area (Å²) in [7, 11) is 6.42. The van der Waals surface area contributed by atoms with E-state index in [0.717, 1.165) is 24.3 Å². The highest BCUT2D eigenvalue weighted by atomic mass is 16.5. The first-order valence-corrected chi connectivity index (χ1v) is 8.26. The highest BCUT2D eigenvalue weighted by Crippen LogP contribution is 2.40. The minimum atomic E-state index is 0.542. The molecule has 1 heterocycles.